The maximum atomic E-state index is 13.0. The lowest BCUT2D eigenvalue weighted by Gasteiger charge is -2.34. The Morgan fingerprint density at radius 2 is 0.963 bits per heavy atom. The van der Waals surface area contributed by atoms with Crippen LogP contribution in [0.15, 0.2) is 11.7 Å². The third-order valence-electron chi connectivity index (χ3n) is 2.29. The molecule has 0 fully saturated rings. The first kappa shape index (κ1) is 25.2. The highest BCUT2D eigenvalue weighted by Gasteiger charge is 2.80. The van der Waals surface area contributed by atoms with E-state index in [1.54, 1.807) is 0 Å². The van der Waals surface area contributed by atoms with Gasteiger partial charge in [0.15, 0.2) is 0 Å². The topological polar surface area (TPSA) is 26.3 Å². The summed E-state index contributed by atoms with van der Waals surface area (Å²) in [7, 11) is 0. The molecule has 0 amide bonds. The summed E-state index contributed by atoms with van der Waals surface area (Å²) in [5, 5.41) is 0. The summed E-state index contributed by atoms with van der Waals surface area (Å²) in [6, 6.07) is 0. The van der Waals surface area contributed by atoms with E-state index in [0.717, 1.165) is 0 Å². The van der Waals surface area contributed by atoms with Crippen LogP contribution in [0.2, 0.25) is 0 Å². The number of rotatable bonds is 5. The van der Waals surface area contributed by atoms with Crippen LogP contribution in [-0.2, 0) is 9.53 Å². The van der Waals surface area contributed by atoms with Crippen molar-refractivity contribution in [1.29, 1.82) is 0 Å². The van der Waals surface area contributed by atoms with Gasteiger partial charge in [-0.1, -0.05) is 0 Å². The minimum absolute atomic E-state index is 1.34. The van der Waals surface area contributed by atoms with Crippen LogP contribution >= 0.6 is 0 Å². The smallest absolute Gasteiger partial charge is 0.284 e. The van der Waals surface area contributed by atoms with E-state index in [1.807, 2.05) is 0 Å². The molecule has 0 heterocycles. The predicted octanol–water partition coefficient (Wildman–Crippen LogP) is 5.30. The normalized spacial score (nSPS) is 16.3. The summed E-state index contributed by atoms with van der Waals surface area (Å²) in [5.41, 5.74) is 0. The minimum Gasteiger partial charge on any atom is -0.284 e. The molecule has 0 aliphatic heterocycles. The van der Waals surface area contributed by atoms with Gasteiger partial charge in [-0.15, -0.1) is 0 Å². The van der Waals surface area contributed by atoms with Gasteiger partial charge in [-0.25, -0.2) is 0 Å². The molecule has 2 nitrogen and oxygen atoms in total. The summed E-state index contributed by atoms with van der Waals surface area (Å²) in [6.45, 7) is 0. The fraction of sp³-hybridized carbons (Fsp3) is 0.667. The van der Waals surface area contributed by atoms with Gasteiger partial charge in [-0.3, -0.25) is 9.53 Å². The average molecular weight is 444 g/mol. The number of hydrogen-bond donors (Lipinski definition) is 0. The Hall–Kier alpha value is -1.75. The zero-order valence-electron chi connectivity index (χ0n) is 11.4. The SMILES string of the molecule is O=C(/C(F)=C(\F)C(F)(F)F)C(F)(F)C(F)(F)OC(F)(C(F)(F)F)C(F)(F)F. The molecule has 0 saturated carbocycles. The van der Waals surface area contributed by atoms with Crippen molar-refractivity contribution >= 4 is 5.78 Å². The number of ether oxygens (including phenoxy) is 1. The Morgan fingerprint density at radius 3 is 1.22 bits per heavy atom. The fourth-order valence-electron chi connectivity index (χ4n) is 1.01. The van der Waals surface area contributed by atoms with Crippen LogP contribution in [0.25, 0.3) is 0 Å². The molecule has 0 saturated heterocycles. The lowest BCUT2D eigenvalue weighted by Crippen LogP contribution is -2.62. The second kappa shape index (κ2) is 6.69. The molecule has 0 aliphatic carbocycles. The van der Waals surface area contributed by atoms with Crippen molar-refractivity contribution in [3.63, 3.8) is 0 Å². The largest absolute Gasteiger partial charge is 0.458 e. The van der Waals surface area contributed by atoms with Crippen molar-refractivity contribution in [2.24, 2.45) is 0 Å². The molecule has 0 N–H and O–H groups in total. The number of allylic oxidation sites excluding steroid dienone is 2. The van der Waals surface area contributed by atoms with Crippen LogP contribution < -0.4 is 0 Å². The van der Waals surface area contributed by atoms with Crippen LogP contribution in [-0.4, -0.2) is 42.2 Å². The quantitative estimate of drug-likeness (QED) is 0.425. The van der Waals surface area contributed by atoms with Gasteiger partial charge in [-0.2, -0.15) is 70.2 Å². The lowest BCUT2D eigenvalue weighted by molar-refractivity contribution is -0.498. The Morgan fingerprint density at radius 1 is 0.630 bits per heavy atom. The van der Waals surface area contributed by atoms with Crippen molar-refractivity contribution in [2.45, 2.75) is 36.4 Å². The first-order valence-electron chi connectivity index (χ1n) is 5.39. The fourth-order valence-corrected chi connectivity index (χ4v) is 1.01. The predicted molar refractivity (Wildman–Crippen MR) is 47.2 cm³/mol. The van der Waals surface area contributed by atoms with Crippen molar-refractivity contribution in [1.82, 2.24) is 0 Å². The molecule has 160 valence electrons. The minimum atomic E-state index is -7.57. The Labute approximate surface area is 135 Å². The van der Waals surface area contributed by atoms with E-state index in [1.165, 1.54) is 4.74 Å². The van der Waals surface area contributed by atoms with Gasteiger partial charge in [0.1, 0.15) is 0 Å². The molecular weight excluding hydrogens is 444 g/mol. The molecule has 18 heteroatoms. The van der Waals surface area contributed by atoms with Crippen LogP contribution in [0, 0.1) is 0 Å². The monoisotopic (exact) mass is 444 g/mol. The number of halogens is 16. The van der Waals surface area contributed by atoms with Crippen LogP contribution in [0.5, 0.6) is 0 Å². The first-order valence-corrected chi connectivity index (χ1v) is 5.39. The summed E-state index contributed by atoms with van der Waals surface area (Å²) < 4.78 is 198. The molecule has 0 unspecified atom stereocenters. The second-order valence-corrected chi connectivity index (χ2v) is 4.24. The molecule has 0 aromatic heterocycles. The van der Waals surface area contributed by atoms with Crippen molar-refractivity contribution in [3.8, 4) is 0 Å². The van der Waals surface area contributed by atoms with Crippen molar-refractivity contribution in [3.05, 3.63) is 11.7 Å². The van der Waals surface area contributed by atoms with E-state index in [9.17, 15) is 75.0 Å². The highest BCUT2D eigenvalue weighted by Crippen LogP contribution is 2.52. The molecule has 0 bridgehead atoms. The van der Waals surface area contributed by atoms with E-state index >= 15 is 0 Å². The third-order valence-corrected chi connectivity index (χ3v) is 2.29. The summed E-state index contributed by atoms with van der Waals surface area (Å²) in [6.07, 6.45) is -29.2. The molecule has 0 radical (unpaired) electrons. The molecule has 27 heavy (non-hydrogen) atoms. The number of carbonyl (C=O) groups is 1. The number of hydrogen-bond acceptors (Lipinski definition) is 2. The van der Waals surface area contributed by atoms with E-state index in [-0.39, 0.29) is 0 Å². The summed E-state index contributed by atoms with van der Waals surface area (Å²) in [4.78, 5) is 10.5. The highest BCUT2D eigenvalue weighted by atomic mass is 19.4. The molecule has 0 aromatic carbocycles. The molecule has 0 rings (SSSR count). The highest BCUT2D eigenvalue weighted by molar-refractivity contribution is 6.00. The van der Waals surface area contributed by atoms with Gasteiger partial charge >= 0.3 is 36.4 Å². The van der Waals surface area contributed by atoms with Crippen molar-refractivity contribution in [2.75, 3.05) is 0 Å². The standard InChI is InChI=1S/C9F16O2/c10-1(2(11)5(14,15)16)3(26)4(12,13)9(24,25)27-6(17,7(18,19)20)8(21,22)23/b2-1+. The number of Topliss-reactive ketones (excluding diaryl/α,β-unsaturated/α-hetero) is 1. The van der Waals surface area contributed by atoms with Crippen LogP contribution in [0.4, 0.5) is 70.2 Å². The van der Waals surface area contributed by atoms with Gasteiger partial charge in [0.2, 0.25) is 11.7 Å². The third kappa shape index (κ3) is 4.57. The first-order chi connectivity index (χ1) is 11.4. The molecule has 0 aliphatic rings. The van der Waals surface area contributed by atoms with Crippen molar-refractivity contribution < 1.29 is 79.8 Å². The van der Waals surface area contributed by atoms with Gasteiger partial charge < -0.3 is 0 Å². The Kier molecular flexibility index (Phi) is 6.26. The molecule has 0 atom stereocenters. The average Bonchev–Trinajstić information content (AvgIpc) is 2.40. The number of alkyl halides is 14. The molecular formula is C9F16O2. The van der Waals surface area contributed by atoms with Gasteiger partial charge in [0, 0.05) is 0 Å². The van der Waals surface area contributed by atoms with Crippen LogP contribution in [0.1, 0.15) is 0 Å². The number of ketones is 1. The van der Waals surface area contributed by atoms with E-state index in [4.69, 9.17) is 0 Å². The van der Waals surface area contributed by atoms with E-state index in [2.05, 4.69) is 0 Å². The van der Waals surface area contributed by atoms with Gasteiger partial charge in [-0.05, 0) is 0 Å². The van der Waals surface area contributed by atoms with Crippen LogP contribution in [0.3, 0.4) is 0 Å². The van der Waals surface area contributed by atoms with Gasteiger partial charge in [0.25, 0.3) is 5.78 Å². The maximum Gasteiger partial charge on any atom is 0.458 e. The second-order valence-electron chi connectivity index (χ2n) is 4.24. The summed E-state index contributed by atoms with van der Waals surface area (Å²) >= 11 is 0. The van der Waals surface area contributed by atoms with E-state index in [0.29, 0.717) is 0 Å². The van der Waals surface area contributed by atoms with E-state index < -0.39 is 53.9 Å². The zero-order valence-corrected chi connectivity index (χ0v) is 11.4. The molecule has 0 spiro atoms. The molecule has 0 aromatic rings. The maximum absolute atomic E-state index is 13.0. The zero-order chi connectivity index (χ0) is 22.4. The Bertz CT molecular complexity index is 591. The lowest BCUT2D eigenvalue weighted by atomic mass is 10.1. The number of carbonyl (C=O) groups excluding carboxylic acids is 1. The summed E-state index contributed by atoms with van der Waals surface area (Å²) in [5.74, 6) is -28.2. The van der Waals surface area contributed by atoms with Gasteiger partial charge in [0.05, 0.1) is 0 Å². The Balaban J connectivity index is 6.24.